The second kappa shape index (κ2) is 5.92. The van der Waals surface area contributed by atoms with Crippen LogP contribution in [0, 0.1) is 0 Å². The van der Waals surface area contributed by atoms with Gasteiger partial charge in [-0.2, -0.15) is 0 Å². The molecule has 58 valence electrons. The topological polar surface area (TPSA) is 125 Å². The molecule has 0 amide bonds. The Hall–Kier alpha value is -0.210. The number of rotatable bonds is 1. The lowest BCUT2D eigenvalue weighted by atomic mass is 10.8. The highest BCUT2D eigenvalue weighted by Crippen LogP contribution is 1.58. The van der Waals surface area contributed by atoms with Crippen molar-refractivity contribution < 1.29 is 28.4 Å². The molecule has 5 N–H and O–H groups in total. The molecule has 7 heteroatoms. The van der Waals surface area contributed by atoms with Crippen LogP contribution in [0.5, 0.6) is 0 Å². The average Bonchev–Trinajstić information content (AvgIpc) is 1.61. The molecule has 0 aromatic heterocycles. The van der Waals surface area contributed by atoms with E-state index in [2.05, 4.69) is 5.73 Å². The zero-order chi connectivity index (χ0) is 7.91. The molecule has 0 aliphatic heterocycles. The standard InChI is InChI=1S/C2H7NO.H2O4S/c3-1-2-4;1-5(2,3)4/h4H,1-3H2;(H2,1,2,3,4). The zero-order valence-corrected chi connectivity index (χ0v) is 5.47. The lowest BCUT2D eigenvalue weighted by molar-refractivity contribution is -0.372. The summed E-state index contributed by atoms with van der Waals surface area (Å²) >= 11 is 0. The maximum atomic E-state index is 8.63. The summed E-state index contributed by atoms with van der Waals surface area (Å²) < 4.78 is 32.8. The normalized spacial score (nSPS) is 9.78. The van der Waals surface area contributed by atoms with Crippen LogP contribution in [0.3, 0.4) is 0 Å². The van der Waals surface area contributed by atoms with E-state index in [1.54, 1.807) is 0 Å². The predicted octanol–water partition coefficient (Wildman–Crippen LogP) is -2.77. The lowest BCUT2D eigenvalue weighted by Gasteiger charge is -1.88. The van der Waals surface area contributed by atoms with E-state index in [4.69, 9.17) is 22.6 Å². The summed E-state index contributed by atoms with van der Waals surface area (Å²) in [5.41, 5.74) is 3.35. The van der Waals surface area contributed by atoms with Gasteiger partial charge in [-0.3, -0.25) is 4.55 Å². The SMILES string of the molecule is O=S(=O)([O-])O.[NH3+]CCO. The average molecular weight is 159 g/mol. The van der Waals surface area contributed by atoms with Gasteiger partial charge in [0.05, 0.1) is 13.2 Å². The first-order valence-corrected chi connectivity index (χ1v) is 3.36. The number of quaternary nitrogens is 1. The van der Waals surface area contributed by atoms with Crippen molar-refractivity contribution in [2.24, 2.45) is 0 Å². The van der Waals surface area contributed by atoms with E-state index in [0.717, 1.165) is 0 Å². The van der Waals surface area contributed by atoms with Crippen LogP contribution in [0.15, 0.2) is 0 Å². The van der Waals surface area contributed by atoms with Gasteiger partial charge in [0.15, 0.2) is 0 Å². The fourth-order valence-electron chi connectivity index (χ4n) is 0. The van der Waals surface area contributed by atoms with Crippen LogP contribution in [0.4, 0.5) is 0 Å². The molecular weight excluding hydrogens is 150 g/mol. The summed E-state index contributed by atoms with van der Waals surface area (Å²) in [6.45, 7) is 0.833. The third kappa shape index (κ3) is 418. The van der Waals surface area contributed by atoms with Crippen molar-refractivity contribution in [3.63, 3.8) is 0 Å². The Kier molecular flexibility index (Phi) is 7.61. The Bertz CT molecular complexity index is 118. The minimum Gasteiger partial charge on any atom is -0.726 e. The van der Waals surface area contributed by atoms with Crippen LogP contribution in [0.1, 0.15) is 0 Å². The highest BCUT2D eigenvalue weighted by atomic mass is 32.3. The van der Waals surface area contributed by atoms with Gasteiger partial charge in [0.25, 0.3) is 0 Å². The van der Waals surface area contributed by atoms with Crippen LogP contribution < -0.4 is 5.73 Å². The van der Waals surface area contributed by atoms with Gasteiger partial charge in [-0.05, 0) is 0 Å². The molecule has 0 unspecified atom stereocenters. The summed E-state index contributed by atoms with van der Waals surface area (Å²) in [6.07, 6.45) is 0. The summed E-state index contributed by atoms with van der Waals surface area (Å²) in [5.74, 6) is 0. The first-order valence-electron chi connectivity index (χ1n) is 2.00. The zero-order valence-electron chi connectivity index (χ0n) is 4.65. The summed E-state index contributed by atoms with van der Waals surface area (Å²) in [6, 6.07) is 0. The maximum Gasteiger partial charge on any atom is 0.215 e. The minimum absolute atomic E-state index is 0.208. The summed E-state index contributed by atoms with van der Waals surface area (Å²) in [4.78, 5) is 0. The largest absolute Gasteiger partial charge is 0.726 e. The van der Waals surface area contributed by atoms with E-state index in [0.29, 0.717) is 6.54 Å². The van der Waals surface area contributed by atoms with Crippen molar-refractivity contribution in [1.82, 2.24) is 0 Å². The van der Waals surface area contributed by atoms with Crippen LogP contribution >= 0.6 is 0 Å². The molecule has 0 aliphatic rings. The summed E-state index contributed by atoms with van der Waals surface area (Å²) in [5, 5.41) is 7.81. The van der Waals surface area contributed by atoms with Crippen LogP contribution in [0.2, 0.25) is 0 Å². The van der Waals surface area contributed by atoms with E-state index >= 15 is 0 Å². The first kappa shape index (κ1) is 11.6. The summed E-state index contributed by atoms with van der Waals surface area (Å²) in [7, 11) is -4.92. The molecule has 0 aliphatic carbocycles. The second-order valence-electron chi connectivity index (χ2n) is 1.00. The molecule has 0 fully saturated rings. The third-order valence-corrected chi connectivity index (χ3v) is 0.158. The molecule has 0 radical (unpaired) electrons. The van der Waals surface area contributed by atoms with Gasteiger partial charge < -0.3 is 15.4 Å². The molecule has 6 nitrogen and oxygen atoms in total. The highest BCUT2D eigenvalue weighted by Gasteiger charge is 1.67. The lowest BCUT2D eigenvalue weighted by Crippen LogP contribution is -2.51. The molecule has 0 heterocycles. The predicted molar refractivity (Wildman–Crippen MR) is 27.2 cm³/mol. The minimum atomic E-state index is -4.92. The van der Waals surface area contributed by atoms with Gasteiger partial charge in [0.1, 0.15) is 0 Å². The van der Waals surface area contributed by atoms with Gasteiger partial charge in [-0.15, -0.1) is 0 Å². The Morgan fingerprint density at radius 3 is 1.67 bits per heavy atom. The van der Waals surface area contributed by atoms with Gasteiger partial charge in [0, 0.05) is 0 Å². The van der Waals surface area contributed by atoms with Gasteiger partial charge in [-0.1, -0.05) is 0 Å². The molecule has 0 saturated heterocycles. The van der Waals surface area contributed by atoms with Crippen LogP contribution in [-0.2, 0) is 10.4 Å². The molecule has 0 bridgehead atoms. The molecule has 0 atom stereocenters. The van der Waals surface area contributed by atoms with Crippen molar-refractivity contribution >= 4 is 10.4 Å². The molecule has 0 aromatic carbocycles. The van der Waals surface area contributed by atoms with Crippen molar-refractivity contribution in [2.75, 3.05) is 13.2 Å². The Morgan fingerprint density at radius 1 is 1.56 bits per heavy atom. The van der Waals surface area contributed by atoms with Gasteiger partial charge >= 0.3 is 0 Å². The van der Waals surface area contributed by atoms with E-state index < -0.39 is 10.4 Å². The molecule has 9 heavy (non-hydrogen) atoms. The van der Waals surface area contributed by atoms with E-state index in [9.17, 15) is 0 Å². The third-order valence-electron chi connectivity index (χ3n) is 0.158. The quantitative estimate of drug-likeness (QED) is 0.282. The Morgan fingerprint density at radius 2 is 1.67 bits per heavy atom. The fourth-order valence-corrected chi connectivity index (χ4v) is 0. The smallest absolute Gasteiger partial charge is 0.215 e. The van der Waals surface area contributed by atoms with E-state index in [1.807, 2.05) is 0 Å². The Balaban J connectivity index is 0. The van der Waals surface area contributed by atoms with E-state index in [-0.39, 0.29) is 6.61 Å². The molecule has 0 rings (SSSR count). The monoisotopic (exact) mass is 159 g/mol. The van der Waals surface area contributed by atoms with E-state index in [1.165, 1.54) is 0 Å². The van der Waals surface area contributed by atoms with Crippen LogP contribution in [0.25, 0.3) is 0 Å². The molecular formula is C2H9NO5S. The van der Waals surface area contributed by atoms with Gasteiger partial charge in [-0.25, -0.2) is 8.42 Å². The van der Waals surface area contributed by atoms with Crippen molar-refractivity contribution in [2.45, 2.75) is 0 Å². The molecule has 0 saturated carbocycles. The maximum absolute atomic E-state index is 8.63. The fraction of sp³-hybridized carbons (Fsp3) is 1.00. The number of aliphatic hydroxyl groups excluding tert-OH is 1. The molecule has 0 spiro atoms. The Labute approximate surface area is 52.9 Å². The molecule has 0 aromatic rings. The van der Waals surface area contributed by atoms with Crippen molar-refractivity contribution in [3.05, 3.63) is 0 Å². The number of hydrogen-bond acceptors (Lipinski definition) is 4. The van der Waals surface area contributed by atoms with Crippen molar-refractivity contribution in [3.8, 4) is 0 Å². The first-order chi connectivity index (χ1) is 3.91. The second-order valence-corrected chi connectivity index (χ2v) is 1.86. The number of hydrogen-bond donors (Lipinski definition) is 3. The van der Waals surface area contributed by atoms with Crippen molar-refractivity contribution in [1.29, 1.82) is 0 Å². The highest BCUT2D eigenvalue weighted by molar-refractivity contribution is 7.79. The van der Waals surface area contributed by atoms with Gasteiger partial charge in [0.2, 0.25) is 10.4 Å². The van der Waals surface area contributed by atoms with Crippen LogP contribution in [-0.4, -0.2) is 35.8 Å². The number of aliphatic hydroxyl groups is 1.